The Morgan fingerprint density at radius 1 is 1.61 bits per heavy atom. The van der Waals surface area contributed by atoms with Crippen LogP contribution in [0.2, 0.25) is 0 Å². The quantitative estimate of drug-likeness (QED) is 0.810. The Labute approximate surface area is 104 Å². The highest BCUT2D eigenvalue weighted by molar-refractivity contribution is 5.77. The van der Waals surface area contributed by atoms with Crippen molar-refractivity contribution in [2.45, 2.75) is 18.8 Å². The summed E-state index contributed by atoms with van der Waals surface area (Å²) in [5.41, 5.74) is 2.18. The lowest BCUT2D eigenvalue weighted by Crippen LogP contribution is -2.06. The molecule has 1 fully saturated rings. The molecule has 2 aliphatic carbocycles. The molecule has 2 aliphatic rings. The summed E-state index contributed by atoms with van der Waals surface area (Å²) in [5.74, 6) is -0.0443. The van der Waals surface area contributed by atoms with Crippen molar-refractivity contribution in [3.05, 3.63) is 23.4 Å². The Bertz CT molecular complexity index is 491. The van der Waals surface area contributed by atoms with E-state index in [4.69, 9.17) is 9.84 Å². The number of alkyl halides is 1. The Balaban J connectivity index is 1.70. The van der Waals surface area contributed by atoms with Gasteiger partial charge in [0.25, 0.3) is 0 Å². The van der Waals surface area contributed by atoms with Gasteiger partial charge in [0.05, 0.1) is 19.2 Å². The molecule has 3 atom stereocenters. The van der Waals surface area contributed by atoms with Crippen LogP contribution >= 0.6 is 0 Å². The van der Waals surface area contributed by atoms with Crippen molar-refractivity contribution in [1.29, 1.82) is 0 Å². The summed E-state index contributed by atoms with van der Waals surface area (Å²) in [4.78, 5) is 15.1. The molecule has 0 saturated heterocycles. The summed E-state index contributed by atoms with van der Waals surface area (Å²) in [7, 11) is 0. The van der Waals surface area contributed by atoms with E-state index in [9.17, 15) is 9.18 Å². The number of hydrogen-bond acceptors (Lipinski definition) is 3. The maximum absolute atomic E-state index is 11.9. The van der Waals surface area contributed by atoms with Gasteiger partial charge in [0, 0.05) is 24.6 Å². The number of hydrogen-bond donors (Lipinski definition) is 1. The largest absolute Gasteiger partial charge is 0.481 e. The molecule has 0 aromatic carbocycles. The first-order valence-electron chi connectivity index (χ1n) is 6.12. The topological polar surface area (TPSA) is 59.4 Å². The molecule has 0 amide bonds. The third-order valence-electron chi connectivity index (χ3n) is 3.80. The molecule has 1 N–H and O–H groups in total. The molecule has 0 bridgehead atoms. The van der Waals surface area contributed by atoms with Gasteiger partial charge in [0.2, 0.25) is 5.88 Å². The maximum atomic E-state index is 11.9. The van der Waals surface area contributed by atoms with Gasteiger partial charge in [0.1, 0.15) is 0 Å². The zero-order valence-electron chi connectivity index (χ0n) is 9.80. The second kappa shape index (κ2) is 4.23. The second-order valence-corrected chi connectivity index (χ2v) is 4.87. The van der Waals surface area contributed by atoms with Crippen molar-refractivity contribution in [2.75, 3.05) is 13.3 Å². The van der Waals surface area contributed by atoms with E-state index >= 15 is 0 Å². The van der Waals surface area contributed by atoms with E-state index in [0.717, 1.165) is 17.5 Å². The summed E-state index contributed by atoms with van der Waals surface area (Å²) in [6.07, 6.45) is 2.87. The average molecular weight is 251 g/mol. The number of carbonyl (C=O) groups is 1. The number of aliphatic carboxylic acids is 1. The number of nitrogens with zero attached hydrogens (tertiary/aromatic N) is 1. The molecule has 1 saturated carbocycles. The lowest BCUT2D eigenvalue weighted by Gasteiger charge is -2.08. The molecular formula is C13H14FNO3. The van der Waals surface area contributed by atoms with Crippen molar-refractivity contribution in [1.82, 2.24) is 4.98 Å². The van der Waals surface area contributed by atoms with E-state index in [1.165, 1.54) is 0 Å². The molecule has 1 aromatic heterocycles. The van der Waals surface area contributed by atoms with Gasteiger partial charge in [-0.05, 0) is 23.5 Å². The zero-order valence-corrected chi connectivity index (χ0v) is 9.80. The van der Waals surface area contributed by atoms with Crippen molar-refractivity contribution < 1.29 is 19.0 Å². The summed E-state index contributed by atoms with van der Waals surface area (Å²) >= 11 is 0. The predicted octanol–water partition coefficient (Wildman–Crippen LogP) is 1.79. The van der Waals surface area contributed by atoms with E-state index in [1.807, 2.05) is 6.07 Å². The van der Waals surface area contributed by atoms with E-state index in [1.54, 1.807) is 6.20 Å². The van der Waals surface area contributed by atoms with Crippen LogP contribution < -0.4 is 4.74 Å². The fourth-order valence-corrected chi connectivity index (χ4v) is 2.92. The molecule has 18 heavy (non-hydrogen) atoms. The van der Waals surface area contributed by atoms with Gasteiger partial charge in [-0.3, -0.25) is 9.18 Å². The first-order chi connectivity index (χ1) is 8.72. The molecule has 5 heteroatoms. The highest BCUT2D eigenvalue weighted by Crippen LogP contribution is 2.61. The van der Waals surface area contributed by atoms with E-state index in [0.29, 0.717) is 18.9 Å². The van der Waals surface area contributed by atoms with Gasteiger partial charge in [-0.2, -0.15) is 0 Å². The third kappa shape index (κ3) is 1.74. The number of carboxylic acids is 1. The monoisotopic (exact) mass is 251 g/mol. The van der Waals surface area contributed by atoms with Gasteiger partial charge in [-0.15, -0.1) is 0 Å². The van der Waals surface area contributed by atoms with Crippen LogP contribution in [-0.2, 0) is 11.2 Å². The zero-order chi connectivity index (χ0) is 12.7. The first-order valence-corrected chi connectivity index (χ1v) is 6.12. The normalized spacial score (nSPS) is 27.5. The van der Waals surface area contributed by atoms with Gasteiger partial charge in [-0.25, -0.2) is 4.98 Å². The molecule has 1 heterocycles. The highest BCUT2D eigenvalue weighted by atomic mass is 19.1. The fraction of sp³-hybridized carbons (Fsp3) is 0.538. The van der Waals surface area contributed by atoms with Crippen molar-refractivity contribution in [2.24, 2.45) is 11.8 Å². The minimum Gasteiger partial charge on any atom is -0.481 e. The Morgan fingerprint density at radius 3 is 3.17 bits per heavy atom. The van der Waals surface area contributed by atoms with Gasteiger partial charge in [-0.1, -0.05) is 0 Å². The van der Waals surface area contributed by atoms with E-state index in [-0.39, 0.29) is 17.8 Å². The summed E-state index contributed by atoms with van der Waals surface area (Å²) in [6, 6.07) is 1.86. The SMILES string of the molecule is O=C(O)C1C2Cc3cc(OCCCF)ncc3C21. The molecule has 0 spiro atoms. The fourth-order valence-electron chi connectivity index (χ4n) is 2.92. The summed E-state index contributed by atoms with van der Waals surface area (Å²) < 4.78 is 17.3. The number of rotatable bonds is 5. The van der Waals surface area contributed by atoms with Gasteiger partial charge < -0.3 is 9.84 Å². The maximum Gasteiger partial charge on any atom is 0.307 e. The highest BCUT2D eigenvalue weighted by Gasteiger charge is 2.59. The molecule has 3 unspecified atom stereocenters. The van der Waals surface area contributed by atoms with Crippen LogP contribution in [0.3, 0.4) is 0 Å². The molecule has 3 rings (SSSR count). The standard InChI is InChI=1S/C13H14FNO3/c14-2-1-3-18-10-5-7-4-8-11(9(7)6-15-10)12(8)13(16)17/h5-6,8,11-12H,1-4H2,(H,16,17). The van der Waals surface area contributed by atoms with Crippen molar-refractivity contribution in [3.63, 3.8) is 0 Å². The Hall–Kier alpha value is -1.65. The summed E-state index contributed by atoms with van der Waals surface area (Å²) in [6.45, 7) is -0.0672. The lowest BCUT2D eigenvalue weighted by atomic mass is 10.0. The van der Waals surface area contributed by atoms with Gasteiger partial charge in [0.15, 0.2) is 0 Å². The molecule has 0 radical (unpaired) electrons. The number of carboxylic acid groups (broad SMARTS) is 1. The van der Waals surface area contributed by atoms with Crippen LogP contribution in [0.15, 0.2) is 12.3 Å². The molecule has 96 valence electrons. The molecule has 1 aromatic rings. The molecule has 4 nitrogen and oxygen atoms in total. The lowest BCUT2D eigenvalue weighted by molar-refractivity contribution is -0.139. The van der Waals surface area contributed by atoms with Crippen molar-refractivity contribution >= 4 is 5.97 Å². The first kappa shape index (κ1) is 11.4. The minimum absolute atomic E-state index is 0.143. The van der Waals surface area contributed by atoms with E-state index in [2.05, 4.69) is 4.98 Å². The Kier molecular flexibility index (Phi) is 2.69. The number of ether oxygens (including phenoxy) is 1. The number of fused-ring (bicyclic) bond motifs is 3. The molecular weight excluding hydrogens is 237 g/mol. The predicted molar refractivity (Wildman–Crippen MR) is 61.4 cm³/mol. The Morgan fingerprint density at radius 2 is 2.44 bits per heavy atom. The number of aromatic nitrogens is 1. The average Bonchev–Trinajstić information content (AvgIpc) is 2.94. The van der Waals surface area contributed by atoms with Gasteiger partial charge >= 0.3 is 5.97 Å². The van der Waals surface area contributed by atoms with Crippen LogP contribution in [0.25, 0.3) is 0 Å². The smallest absolute Gasteiger partial charge is 0.307 e. The van der Waals surface area contributed by atoms with Crippen molar-refractivity contribution in [3.8, 4) is 5.88 Å². The second-order valence-electron chi connectivity index (χ2n) is 4.87. The third-order valence-corrected chi connectivity index (χ3v) is 3.80. The minimum atomic E-state index is -0.709. The van der Waals surface area contributed by atoms with Crippen LogP contribution in [0.1, 0.15) is 23.5 Å². The van der Waals surface area contributed by atoms with Crippen LogP contribution in [0, 0.1) is 11.8 Å². The number of halogens is 1. The van der Waals surface area contributed by atoms with Crippen LogP contribution in [0.5, 0.6) is 5.88 Å². The van der Waals surface area contributed by atoms with E-state index < -0.39 is 12.6 Å². The van der Waals surface area contributed by atoms with Crippen LogP contribution in [0.4, 0.5) is 4.39 Å². The number of pyridine rings is 1. The molecule has 0 aliphatic heterocycles. The van der Waals surface area contributed by atoms with Crippen LogP contribution in [-0.4, -0.2) is 29.3 Å². The summed E-state index contributed by atoms with van der Waals surface area (Å²) in [5, 5.41) is 9.00.